The lowest BCUT2D eigenvalue weighted by molar-refractivity contribution is 1.74. The molecule has 0 spiro atoms. The molecule has 0 N–H and O–H groups in total. The molecule has 0 atom stereocenters. The Kier molecular flexibility index (Phi) is 3.59. The van der Waals surface area contributed by atoms with Gasteiger partial charge in [-0.05, 0) is 0 Å². The van der Waals surface area contributed by atoms with Crippen molar-refractivity contribution in [3.63, 3.8) is 0 Å². The zero-order valence-electron chi connectivity index (χ0n) is 5.63. The van der Waals surface area contributed by atoms with Gasteiger partial charge in [-0.2, -0.15) is 0 Å². The molecule has 0 radical (unpaired) electrons. The van der Waals surface area contributed by atoms with Crippen molar-refractivity contribution in [2.24, 2.45) is 0 Å². The second-order valence-electron chi connectivity index (χ2n) is 2.82. The minimum absolute atomic E-state index is 0.218. The Morgan fingerprint density at radius 1 is 1.00 bits per heavy atom. The fourth-order valence-electron chi connectivity index (χ4n) is 0.283. The highest BCUT2D eigenvalue weighted by molar-refractivity contribution is 6.93. The van der Waals surface area contributed by atoms with Gasteiger partial charge >= 0.3 is 0 Å². The molecule has 0 aromatic rings. The van der Waals surface area contributed by atoms with Crippen LogP contribution in [0.15, 0.2) is 9.15 Å². The Morgan fingerprint density at radius 3 is 1.33 bits per heavy atom. The van der Waals surface area contributed by atoms with E-state index in [0.29, 0.717) is 4.66 Å². The minimum Gasteiger partial charge on any atom is -0.0917 e. The first kappa shape index (κ1) is 9.83. The zero-order chi connectivity index (χ0) is 7.65. The summed E-state index contributed by atoms with van der Waals surface area (Å²) in [5, 5.41) is 0. The lowest BCUT2D eigenvalue weighted by Crippen LogP contribution is -2.20. The molecule has 0 rings (SSSR count). The molecule has 0 unspecified atom stereocenters. The molecular weight excluding hydrogens is 194 g/mol. The molecule has 0 heterocycles. The first-order valence-corrected chi connectivity index (χ1v) is 7.20. The third-order valence-corrected chi connectivity index (χ3v) is 5.17. The van der Waals surface area contributed by atoms with E-state index < -0.39 is 8.07 Å². The van der Waals surface area contributed by atoms with Gasteiger partial charge in [0, 0.05) is 4.66 Å². The van der Waals surface area contributed by atoms with Crippen LogP contribution in [0.1, 0.15) is 0 Å². The maximum Gasteiger partial charge on any atom is 0.117 e. The van der Waals surface area contributed by atoms with Crippen LogP contribution in [0.5, 0.6) is 0 Å². The van der Waals surface area contributed by atoms with Crippen molar-refractivity contribution >= 4 is 42.9 Å². The van der Waals surface area contributed by atoms with Crippen molar-refractivity contribution in [2.75, 3.05) is 0 Å². The first-order chi connectivity index (χ1) is 3.85. The summed E-state index contributed by atoms with van der Waals surface area (Å²) in [6.07, 6.45) is 0. The summed E-state index contributed by atoms with van der Waals surface area (Å²) in [6.45, 7) is 6.25. The Labute approximate surface area is 71.8 Å². The van der Waals surface area contributed by atoms with E-state index in [1.54, 1.807) is 0 Å². The normalized spacial score (nSPS) is 11.3. The van der Waals surface area contributed by atoms with Crippen LogP contribution in [0.3, 0.4) is 0 Å². The van der Waals surface area contributed by atoms with E-state index in [1.165, 1.54) is 0 Å². The van der Waals surface area contributed by atoms with Gasteiger partial charge in [0.05, 0.1) is 8.07 Å². The molecule has 4 heteroatoms. The number of hydrogen-bond acceptors (Lipinski definition) is 0. The highest BCUT2D eigenvalue weighted by atomic mass is 35.5. The maximum absolute atomic E-state index is 5.77. The zero-order valence-corrected chi connectivity index (χ0v) is 8.90. The Bertz CT molecular complexity index is 130. The summed E-state index contributed by atoms with van der Waals surface area (Å²) in [5.74, 6) is 0. The van der Waals surface area contributed by atoms with Crippen LogP contribution in [-0.2, 0) is 0 Å². The standard InChI is InChI=1S/C5H9Cl3Si/c1-9(2,3)5(8)4(6)7/h1-3H3. The van der Waals surface area contributed by atoms with E-state index in [1.807, 2.05) is 0 Å². The lowest BCUT2D eigenvalue weighted by atomic mass is 11.2. The van der Waals surface area contributed by atoms with E-state index >= 15 is 0 Å². The first-order valence-electron chi connectivity index (χ1n) is 2.57. The molecule has 0 bridgehead atoms. The van der Waals surface area contributed by atoms with Gasteiger partial charge in [0.15, 0.2) is 0 Å². The van der Waals surface area contributed by atoms with Crippen molar-refractivity contribution < 1.29 is 0 Å². The Morgan fingerprint density at radius 2 is 1.33 bits per heavy atom. The van der Waals surface area contributed by atoms with Gasteiger partial charge in [0.1, 0.15) is 4.49 Å². The number of halogens is 3. The molecule has 0 amide bonds. The molecule has 0 aliphatic heterocycles. The monoisotopic (exact) mass is 202 g/mol. The summed E-state index contributed by atoms with van der Waals surface area (Å²) in [5.41, 5.74) is 0. The predicted octanol–water partition coefficient (Wildman–Crippen LogP) is 3.75. The quantitative estimate of drug-likeness (QED) is 0.570. The van der Waals surface area contributed by atoms with E-state index in [-0.39, 0.29) is 4.49 Å². The number of hydrogen-bond donors (Lipinski definition) is 0. The van der Waals surface area contributed by atoms with Gasteiger partial charge in [-0.25, -0.2) is 0 Å². The molecule has 0 saturated carbocycles. The predicted molar refractivity (Wildman–Crippen MR) is 47.9 cm³/mol. The molecule has 0 fully saturated rings. The lowest BCUT2D eigenvalue weighted by Gasteiger charge is -2.13. The van der Waals surface area contributed by atoms with Crippen molar-refractivity contribution in [2.45, 2.75) is 19.6 Å². The van der Waals surface area contributed by atoms with Crippen LogP contribution in [0, 0.1) is 0 Å². The number of rotatable bonds is 1. The fraction of sp³-hybridized carbons (Fsp3) is 0.600. The van der Waals surface area contributed by atoms with Crippen LogP contribution in [0.2, 0.25) is 19.6 Å². The van der Waals surface area contributed by atoms with Crippen LogP contribution in [0.25, 0.3) is 0 Å². The van der Waals surface area contributed by atoms with Gasteiger partial charge in [0.2, 0.25) is 0 Å². The average Bonchev–Trinajstić information content (AvgIpc) is 1.62. The molecule has 0 aromatic heterocycles. The van der Waals surface area contributed by atoms with E-state index in [0.717, 1.165) is 0 Å². The van der Waals surface area contributed by atoms with Crippen LogP contribution in [-0.4, -0.2) is 8.07 Å². The summed E-state index contributed by atoms with van der Waals surface area (Å²) in [7, 11) is -1.44. The molecular formula is C5H9Cl3Si. The summed E-state index contributed by atoms with van der Waals surface area (Å²) >= 11 is 16.7. The second-order valence-corrected chi connectivity index (χ2v) is 9.47. The molecule has 0 aliphatic carbocycles. The van der Waals surface area contributed by atoms with Crippen molar-refractivity contribution in [3.05, 3.63) is 9.15 Å². The smallest absolute Gasteiger partial charge is 0.0917 e. The average molecular weight is 204 g/mol. The molecule has 0 nitrogen and oxygen atoms in total. The van der Waals surface area contributed by atoms with Gasteiger partial charge in [-0.3, -0.25) is 0 Å². The second kappa shape index (κ2) is 3.29. The maximum atomic E-state index is 5.77. The van der Waals surface area contributed by atoms with Gasteiger partial charge in [-0.1, -0.05) is 54.4 Å². The molecule has 9 heavy (non-hydrogen) atoms. The van der Waals surface area contributed by atoms with Crippen molar-refractivity contribution in [1.82, 2.24) is 0 Å². The fourth-order valence-corrected chi connectivity index (χ4v) is 2.55. The van der Waals surface area contributed by atoms with E-state index in [9.17, 15) is 0 Å². The van der Waals surface area contributed by atoms with Crippen LogP contribution in [0.4, 0.5) is 0 Å². The van der Waals surface area contributed by atoms with Crippen LogP contribution < -0.4 is 0 Å². The summed E-state index contributed by atoms with van der Waals surface area (Å²) in [6, 6.07) is 0. The molecule has 54 valence electrons. The van der Waals surface area contributed by atoms with Crippen molar-refractivity contribution in [1.29, 1.82) is 0 Å². The summed E-state index contributed by atoms with van der Waals surface area (Å²) in [4.78, 5) is 0. The highest BCUT2D eigenvalue weighted by Crippen LogP contribution is 2.26. The van der Waals surface area contributed by atoms with Gasteiger partial charge in [0.25, 0.3) is 0 Å². The molecule has 0 aliphatic rings. The largest absolute Gasteiger partial charge is 0.117 e. The van der Waals surface area contributed by atoms with Crippen LogP contribution >= 0.6 is 34.8 Å². The highest BCUT2D eigenvalue weighted by Gasteiger charge is 2.20. The minimum atomic E-state index is -1.44. The van der Waals surface area contributed by atoms with Gasteiger partial charge in [-0.15, -0.1) is 0 Å². The SMILES string of the molecule is C[Si](C)(C)C(Cl)=C(Cl)Cl. The Hall–Kier alpha value is 0.827. The van der Waals surface area contributed by atoms with Gasteiger partial charge < -0.3 is 0 Å². The Balaban J connectivity index is 4.40. The third-order valence-electron chi connectivity index (χ3n) is 0.824. The summed E-state index contributed by atoms with van der Waals surface area (Å²) < 4.78 is 0.863. The third kappa shape index (κ3) is 3.51. The topological polar surface area (TPSA) is 0 Å². The van der Waals surface area contributed by atoms with Crippen molar-refractivity contribution in [3.8, 4) is 0 Å². The molecule has 0 aromatic carbocycles. The molecule has 0 saturated heterocycles. The van der Waals surface area contributed by atoms with E-state index in [2.05, 4.69) is 19.6 Å². The van der Waals surface area contributed by atoms with E-state index in [4.69, 9.17) is 34.8 Å².